The van der Waals surface area contributed by atoms with Crippen LogP contribution in [0.4, 0.5) is 4.39 Å². The molecule has 0 aromatic heterocycles. The molecule has 0 unspecified atom stereocenters. The standard InChI is InChI=1S/C24H23FN2O2/c1-26-23(28)17-8-5-15(6-9-17)13-16-7-12-20(24(29)27-19-10-11-19)22-18(14-16)3-2-4-21(22)25/h2-9,12,19H,10-11,13-14H2,1H3,(H,26,28)(H,27,29). The third-order valence-corrected chi connectivity index (χ3v) is 5.30. The van der Waals surface area contributed by atoms with Gasteiger partial charge in [-0.1, -0.05) is 35.9 Å². The maximum Gasteiger partial charge on any atom is 0.252 e. The van der Waals surface area contributed by atoms with E-state index >= 15 is 0 Å². The molecule has 29 heavy (non-hydrogen) atoms. The van der Waals surface area contributed by atoms with Gasteiger partial charge in [0.1, 0.15) is 5.82 Å². The summed E-state index contributed by atoms with van der Waals surface area (Å²) in [6.07, 6.45) is 6.86. The van der Waals surface area contributed by atoms with Crippen LogP contribution in [0.15, 0.2) is 60.2 Å². The minimum Gasteiger partial charge on any atom is -0.355 e. The van der Waals surface area contributed by atoms with Gasteiger partial charge in [0, 0.05) is 29.8 Å². The Balaban J connectivity index is 1.61. The average molecular weight is 390 g/mol. The van der Waals surface area contributed by atoms with Crippen LogP contribution in [-0.4, -0.2) is 24.9 Å². The van der Waals surface area contributed by atoms with Crippen molar-refractivity contribution in [3.8, 4) is 0 Å². The molecule has 0 atom stereocenters. The highest BCUT2D eigenvalue weighted by Gasteiger charge is 2.27. The molecule has 0 aliphatic heterocycles. The molecule has 2 aliphatic rings. The van der Waals surface area contributed by atoms with E-state index in [1.807, 2.05) is 24.3 Å². The fourth-order valence-electron chi connectivity index (χ4n) is 3.59. The van der Waals surface area contributed by atoms with Crippen molar-refractivity contribution >= 4 is 17.4 Å². The van der Waals surface area contributed by atoms with Gasteiger partial charge in [-0.25, -0.2) is 4.39 Å². The van der Waals surface area contributed by atoms with Gasteiger partial charge >= 0.3 is 0 Å². The lowest BCUT2D eigenvalue weighted by molar-refractivity contribution is -0.115. The van der Waals surface area contributed by atoms with Crippen LogP contribution in [0.1, 0.15) is 39.9 Å². The van der Waals surface area contributed by atoms with E-state index < -0.39 is 0 Å². The van der Waals surface area contributed by atoms with E-state index in [1.165, 1.54) is 6.07 Å². The van der Waals surface area contributed by atoms with Gasteiger partial charge in [0.25, 0.3) is 11.8 Å². The van der Waals surface area contributed by atoms with E-state index in [0.29, 0.717) is 29.5 Å². The minimum absolute atomic E-state index is 0.121. The molecule has 1 saturated carbocycles. The lowest BCUT2D eigenvalue weighted by Gasteiger charge is -2.13. The number of fused-ring (bicyclic) bond motifs is 1. The fourth-order valence-corrected chi connectivity index (χ4v) is 3.59. The molecule has 0 heterocycles. The molecule has 2 aromatic rings. The second-order valence-electron chi connectivity index (χ2n) is 7.56. The maximum atomic E-state index is 14.6. The first-order valence-corrected chi connectivity index (χ1v) is 9.84. The molecule has 0 radical (unpaired) electrons. The highest BCUT2D eigenvalue weighted by atomic mass is 19.1. The second kappa shape index (κ2) is 8.03. The van der Waals surface area contributed by atoms with Gasteiger partial charge in [-0.2, -0.15) is 0 Å². The van der Waals surface area contributed by atoms with Crippen LogP contribution < -0.4 is 10.6 Å². The number of hydrogen-bond acceptors (Lipinski definition) is 2. The number of benzene rings is 2. The van der Waals surface area contributed by atoms with Gasteiger partial charge < -0.3 is 10.6 Å². The Morgan fingerprint density at radius 1 is 1.03 bits per heavy atom. The molecule has 0 saturated heterocycles. The zero-order valence-electron chi connectivity index (χ0n) is 16.3. The third-order valence-electron chi connectivity index (χ3n) is 5.30. The van der Waals surface area contributed by atoms with Crippen molar-refractivity contribution < 1.29 is 14.0 Å². The molecule has 2 aromatic carbocycles. The molecule has 2 N–H and O–H groups in total. The van der Waals surface area contributed by atoms with Crippen molar-refractivity contribution in [1.82, 2.24) is 10.6 Å². The number of hydrogen-bond donors (Lipinski definition) is 2. The van der Waals surface area contributed by atoms with Crippen molar-refractivity contribution in [3.05, 3.63) is 88.3 Å². The molecule has 2 amide bonds. The third kappa shape index (κ3) is 4.29. The van der Waals surface area contributed by atoms with Gasteiger partial charge in [-0.15, -0.1) is 0 Å². The number of nitrogens with one attached hydrogen (secondary N) is 2. The van der Waals surface area contributed by atoms with Crippen LogP contribution in [0.2, 0.25) is 0 Å². The van der Waals surface area contributed by atoms with E-state index in [9.17, 15) is 14.0 Å². The van der Waals surface area contributed by atoms with Gasteiger partial charge in [0.2, 0.25) is 0 Å². The predicted octanol–water partition coefficient (Wildman–Crippen LogP) is 3.57. The molecule has 2 aliphatic carbocycles. The first-order valence-electron chi connectivity index (χ1n) is 9.84. The molecule has 0 bridgehead atoms. The Kier molecular flexibility index (Phi) is 5.30. The van der Waals surface area contributed by atoms with Crippen LogP contribution in [-0.2, 0) is 17.6 Å². The normalized spacial score (nSPS) is 15.5. The molecule has 0 spiro atoms. The first kappa shape index (κ1) is 19.1. The van der Waals surface area contributed by atoms with E-state index in [2.05, 4.69) is 10.6 Å². The summed E-state index contributed by atoms with van der Waals surface area (Å²) in [5.41, 5.74) is 4.34. The number of allylic oxidation sites excluding steroid dienone is 3. The zero-order valence-corrected chi connectivity index (χ0v) is 16.3. The van der Waals surface area contributed by atoms with Crippen LogP contribution in [0.5, 0.6) is 0 Å². The molecule has 4 rings (SSSR count). The Hall–Kier alpha value is -3.21. The number of carbonyl (C=O) groups is 2. The lowest BCUT2D eigenvalue weighted by atomic mass is 9.94. The second-order valence-corrected chi connectivity index (χ2v) is 7.56. The molecule has 148 valence electrons. The average Bonchev–Trinajstić information content (AvgIpc) is 3.54. The Morgan fingerprint density at radius 3 is 2.48 bits per heavy atom. The molecule has 4 nitrogen and oxygen atoms in total. The molecule has 1 fully saturated rings. The summed E-state index contributed by atoms with van der Waals surface area (Å²) >= 11 is 0. The van der Waals surface area contributed by atoms with Crippen molar-refractivity contribution in [2.75, 3.05) is 7.05 Å². The number of carbonyl (C=O) groups excluding carboxylic acids is 2. The van der Waals surface area contributed by atoms with E-state index in [-0.39, 0.29) is 23.7 Å². The van der Waals surface area contributed by atoms with Crippen LogP contribution in [0.25, 0.3) is 5.57 Å². The summed E-state index contributed by atoms with van der Waals surface area (Å²) in [6, 6.07) is 12.6. The van der Waals surface area contributed by atoms with Crippen molar-refractivity contribution in [2.24, 2.45) is 0 Å². The van der Waals surface area contributed by atoms with Crippen LogP contribution in [0.3, 0.4) is 0 Å². The van der Waals surface area contributed by atoms with Crippen molar-refractivity contribution in [1.29, 1.82) is 0 Å². The summed E-state index contributed by atoms with van der Waals surface area (Å²) in [7, 11) is 1.60. The van der Waals surface area contributed by atoms with E-state index in [4.69, 9.17) is 0 Å². The topological polar surface area (TPSA) is 58.2 Å². The fraction of sp³-hybridized carbons (Fsp3) is 0.250. The van der Waals surface area contributed by atoms with Crippen LogP contribution >= 0.6 is 0 Å². The smallest absolute Gasteiger partial charge is 0.252 e. The van der Waals surface area contributed by atoms with E-state index in [1.54, 1.807) is 31.3 Å². The number of halogens is 1. The first-order chi connectivity index (χ1) is 14.0. The summed E-state index contributed by atoms with van der Waals surface area (Å²) in [5.74, 6) is -0.709. The SMILES string of the molecule is CNC(=O)c1ccc(CC2=CC=C(C(=O)NC3CC3)c3c(F)cccc3C2)cc1. The lowest BCUT2D eigenvalue weighted by Crippen LogP contribution is -2.26. The highest BCUT2D eigenvalue weighted by Crippen LogP contribution is 2.30. The Labute approximate surface area is 169 Å². The molecular weight excluding hydrogens is 367 g/mol. The van der Waals surface area contributed by atoms with Crippen molar-refractivity contribution in [3.63, 3.8) is 0 Å². The molecular formula is C24H23FN2O2. The quantitative estimate of drug-likeness (QED) is 0.820. The number of amides is 2. The summed E-state index contributed by atoms with van der Waals surface area (Å²) in [6.45, 7) is 0. The monoisotopic (exact) mass is 390 g/mol. The predicted molar refractivity (Wildman–Crippen MR) is 111 cm³/mol. The largest absolute Gasteiger partial charge is 0.355 e. The van der Waals surface area contributed by atoms with Gasteiger partial charge in [-0.3, -0.25) is 9.59 Å². The zero-order chi connectivity index (χ0) is 20.4. The highest BCUT2D eigenvalue weighted by molar-refractivity contribution is 6.20. The van der Waals surface area contributed by atoms with Gasteiger partial charge in [0.15, 0.2) is 0 Å². The number of rotatable bonds is 5. The Morgan fingerprint density at radius 2 is 1.79 bits per heavy atom. The minimum atomic E-state index is -0.371. The molecule has 5 heteroatoms. The van der Waals surface area contributed by atoms with Crippen LogP contribution in [0, 0.1) is 5.82 Å². The maximum absolute atomic E-state index is 14.6. The van der Waals surface area contributed by atoms with E-state index in [0.717, 1.165) is 29.5 Å². The summed E-state index contributed by atoms with van der Waals surface area (Å²) in [5, 5.41) is 5.57. The Bertz CT molecular complexity index is 1020. The summed E-state index contributed by atoms with van der Waals surface area (Å²) < 4.78 is 14.6. The van der Waals surface area contributed by atoms with Gasteiger partial charge in [0.05, 0.1) is 0 Å². The van der Waals surface area contributed by atoms with Crippen molar-refractivity contribution in [2.45, 2.75) is 31.7 Å². The summed E-state index contributed by atoms with van der Waals surface area (Å²) in [4.78, 5) is 24.4. The van der Waals surface area contributed by atoms with Gasteiger partial charge in [-0.05, 0) is 61.1 Å².